The molecule has 2 aliphatic heterocycles. The second kappa shape index (κ2) is 13.6. The summed E-state index contributed by atoms with van der Waals surface area (Å²) in [4.78, 5) is 60.0. The number of aromatic nitrogens is 2. The number of esters is 2. The van der Waals surface area contributed by atoms with E-state index in [1.54, 1.807) is 38.1 Å². The summed E-state index contributed by atoms with van der Waals surface area (Å²) in [5, 5.41) is 30.0. The van der Waals surface area contributed by atoms with E-state index < -0.39 is 52.6 Å². The van der Waals surface area contributed by atoms with Crippen molar-refractivity contribution < 1.29 is 34.0 Å². The first kappa shape index (κ1) is 31.8. The van der Waals surface area contributed by atoms with Crippen LogP contribution in [0.5, 0.6) is 17.2 Å². The number of pyridine rings is 2. The van der Waals surface area contributed by atoms with Crippen molar-refractivity contribution in [1.82, 2.24) is 20.6 Å². The van der Waals surface area contributed by atoms with Crippen LogP contribution in [0, 0.1) is 0 Å². The third kappa shape index (κ3) is 6.05. The minimum absolute atomic E-state index is 0.00615. The lowest BCUT2D eigenvalue weighted by atomic mass is 9.82. The van der Waals surface area contributed by atoms with Gasteiger partial charge in [-0.2, -0.15) is 0 Å². The predicted octanol–water partition coefficient (Wildman–Crippen LogP) is 2.87. The monoisotopic (exact) mass is 622 g/mol. The standard InChI is InChI=1S/C32H38N4O9/c1-4-44-31(41)23-25(18-8-6-14-33-18)35-29(39)21(27(23)37)20(16-10-12-17(43-3)13-11-16)22-28(38)24(32(42)45-5-2)26(36-30(22)40)19-9-7-15-34-19/h10-13,18-20,33-34H,4-9,14-15H2,1-3H3,(H2,35,37,39)(H2,36,38,40). The first-order valence-corrected chi connectivity index (χ1v) is 15.1. The SMILES string of the molecule is CCOC(=O)c1c(C2CCCN2)[nH]c(=O)c(C(c2ccc(OC)cc2)c2c(O)c(C(=O)OCC)c(C3CCCN3)[nH]c2=O)c1O. The molecule has 0 spiro atoms. The van der Waals surface area contributed by atoms with E-state index in [4.69, 9.17) is 14.2 Å². The second-order valence-electron chi connectivity index (χ2n) is 11.0. The van der Waals surface area contributed by atoms with E-state index in [0.717, 1.165) is 12.8 Å². The van der Waals surface area contributed by atoms with E-state index >= 15 is 0 Å². The van der Waals surface area contributed by atoms with Crippen LogP contribution in [0.4, 0.5) is 0 Å². The number of carbonyl (C=O) groups is 2. The molecule has 2 unspecified atom stereocenters. The zero-order valence-electron chi connectivity index (χ0n) is 25.5. The molecule has 2 atom stereocenters. The first-order chi connectivity index (χ1) is 21.7. The summed E-state index contributed by atoms with van der Waals surface area (Å²) >= 11 is 0. The van der Waals surface area contributed by atoms with Crippen LogP contribution < -0.4 is 26.5 Å². The lowest BCUT2D eigenvalue weighted by molar-refractivity contribution is 0.0510. The van der Waals surface area contributed by atoms with Gasteiger partial charge in [-0.05, 0) is 70.3 Å². The summed E-state index contributed by atoms with van der Waals surface area (Å²) in [5.74, 6) is -4.09. The van der Waals surface area contributed by atoms with Crippen molar-refractivity contribution in [3.63, 3.8) is 0 Å². The minimum atomic E-state index is -1.44. The summed E-state index contributed by atoms with van der Waals surface area (Å²) in [6, 6.07) is 5.45. The fourth-order valence-corrected chi connectivity index (χ4v) is 6.26. The van der Waals surface area contributed by atoms with Crippen molar-refractivity contribution in [3.05, 3.63) is 84.2 Å². The highest BCUT2D eigenvalue weighted by Crippen LogP contribution is 2.43. The second-order valence-corrected chi connectivity index (χ2v) is 11.0. The van der Waals surface area contributed by atoms with Gasteiger partial charge in [0.2, 0.25) is 0 Å². The maximum absolute atomic E-state index is 14.0. The summed E-state index contributed by atoms with van der Waals surface area (Å²) in [5.41, 5.74) is -2.22. The number of methoxy groups -OCH3 is 1. The Balaban J connectivity index is 1.83. The van der Waals surface area contributed by atoms with Gasteiger partial charge in [-0.25, -0.2) is 9.59 Å². The zero-order valence-corrected chi connectivity index (χ0v) is 25.5. The van der Waals surface area contributed by atoms with Crippen LogP contribution >= 0.6 is 0 Å². The lowest BCUT2D eigenvalue weighted by Gasteiger charge is -2.25. The molecule has 1 aromatic carbocycles. The number of hydrogen-bond donors (Lipinski definition) is 6. The van der Waals surface area contributed by atoms with Crippen molar-refractivity contribution in [2.24, 2.45) is 0 Å². The Kier molecular flexibility index (Phi) is 9.59. The smallest absolute Gasteiger partial charge is 0.343 e. The number of benzene rings is 1. The van der Waals surface area contributed by atoms with Crippen LogP contribution in [0.25, 0.3) is 0 Å². The van der Waals surface area contributed by atoms with Gasteiger partial charge in [-0.3, -0.25) is 9.59 Å². The van der Waals surface area contributed by atoms with Crippen molar-refractivity contribution in [2.45, 2.75) is 57.5 Å². The number of carbonyl (C=O) groups excluding carboxylic acids is 2. The molecule has 0 bridgehead atoms. The highest BCUT2D eigenvalue weighted by Gasteiger charge is 2.38. The lowest BCUT2D eigenvalue weighted by Crippen LogP contribution is -2.31. The molecule has 0 saturated carbocycles. The third-order valence-electron chi connectivity index (χ3n) is 8.31. The van der Waals surface area contributed by atoms with Gasteiger partial charge in [0.05, 0.1) is 48.8 Å². The molecule has 5 rings (SSSR count). The molecule has 2 fully saturated rings. The Bertz CT molecular complexity index is 1580. The molecule has 2 aliphatic rings. The Morgan fingerprint density at radius 1 is 0.800 bits per heavy atom. The van der Waals surface area contributed by atoms with E-state index in [1.165, 1.54) is 7.11 Å². The van der Waals surface area contributed by atoms with Gasteiger partial charge in [0, 0.05) is 12.1 Å². The zero-order chi connectivity index (χ0) is 32.2. The number of rotatable bonds is 10. The highest BCUT2D eigenvalue weighted by molar-refractivity contribution is 5.95. The van der Waals surface area contributed by atoms with Crippen molar-refractivity contribution in [1.29, 1.82) is 0 Å². The van der Waals surface area contributed by atoms with Gasteiger partial charge in [-0.15, -0.1) is 0 Å². The van der Waals surface area contributed by atoms with Gasteiger partial charge in [0.25, 0.3) is 11.1 Å². The van der Waals surface area contributed by atoms with Crippen molar-refractivity contribution in [3.8, 4) is 17.2 Å². The van der Waals surface area contributed by atoms with Gasteiger partial charge in [0.1, 0.15) is 28.4 Å². The molecule has 0 aliphatic carbocycles. The largest absolute Gasteiger partial charge is 0.506 e. The number of aromatic amines is 2. The molecule has 6 N–H and O–H groups in total. The van der Waals surface area contributed by atoms with Gasteiger partial charge in [-0.1, -0.05) is 12.1 Å². The quantitative estimate of drug-likeness (QED) is 0.182. The van der Waals surface area contributed by atoms with E-state index in [1.807, 2.05) is 0 Å². The maximum atomic E-state index is 14.0. The van der Waals surface area contributed by atoms with Crippen LogP contribution in [0.2, 0.25) is 0 Å². The van der Waals surface area contributed by atoms with Gasteiger partial charge in [0.15, 0.2) is 0 Å². The highest BCUT2D eigenvalue weighted by atomic mass is 16.5. The van der Waals surface area contributed by atoms with Gasteiger partial charge >= 0.3 is 11.9 Å². The average Bonchev–Trinajstić information content (AvgIpc) is 3.75. The Morgan fingerprint density at radius 2 is 1.24 bits per heavy atom. The van der Waals surface area contributed by atoms with Gasteiger partial charge < -0.3 is 45.0 Å². The molecular formula is C32H38N4O9. The Morgan fingerprint density at radius 3 is 1.60 bits per heavy atom. The molecule has 3 aromatic rings. The Labute approximate surface area is 258 Å². The molecule has 0 radical (unpaired) electrons. The van der Waals surface area contributed by atoms with Crippen molar-refractivity contribution in [2.75, 3.05) is 33.4 Å². The number of aromatic hydroxyl groups is 2. The molecule has 240 valence electrons. The fourth-order valence-electron chi connectivity index (χ4n) is 6.26. The molecule has 2 saturated heterocycles. The topological polar surface area (TPSA) is 192 Å². The van der Waals surface area contributed by atoms with E-state index in [2.05, 4.69) is 20.6 Å². The first-order valence-electron chi connectivity index (χ1n) is 15.1. The maximum Gasteiger partial charge on any atom is 0.343 e. The summed E-state index contributed by atoms with van der Waals surface area (Å²) in [6.45, 7) is 4.54. The number of nitrogens with one attached hydrogen (secondary N) is 4. The minimum Gasteiger partial charge on any atom is -0.506 e. The molecular weight excluding hydrogens is 584 g/mol. The van der Waals surface area contributed by atoms with Crippen LogP contribution in [0.15, 0.2) is 33.9 Å². The molecule has 45 heavy (non-hydrogen) atoms. The fraction of sp³-hybridized carbons (Fsp3) is 0.438. The van der Waals surface area contributed by atoms with Crippen LogP contribution in [0.3, 0.4) is 0 Å². The van der Waals surface area contributed by atoms with Crippen LogP contribution in [0.1, 0.15) is 106 Å². The third-order valence-corrected chi connectivity index (χ3v) is 8.31. The van der Waals surface area contributed by atoms with Crippen LogP contribution in [-0.4, -0.2) is 65.5 Å². The molecule has 2 aromatic heterocycles. The average molecular weight is 623 g/mol. The summed E-state index contributed by atoms with van der Waals surface area (Å²) in [7, 11) is 1.47. The molecule has 13 nitrogen and oxygen atoms in total. The summed E-state index contributed by atoms with van der Waals surface area (Å²) < 4.78 is 15.8. The van der Waals surface area contributed by atoms with E-state index in [-0.39, 0.29) is 46.9 Å². The number of hydrogen-bond acceptors (Lipinski definition) is 11. The number of H-pyrrole nitrogens is 2. The Hall–Kier alpha value is -4.62. The normalized spacial score (nSPS) is 18.5. The van der Waals surface area contributed by atoms with E-state index in [9.17, 15) is 29.4 Å². The molecule has 13 heteroatoms. The van der Waals surface area contributed by atoms with E-state index in [0.29, 0.717) is 37.2 Å². The van der Waals surface area contributed by atoms with Crippen LogP contribution in [-0.2, 0) is 9.47 Å². The van der Waals surface area contributed by atoms with Crippen molar-refractivity contribution >= 4 is 11.9 Å². The molecule has 4 heterocycles. The predicted molar refractivity (Wildman–Crippen MR) is 163 cm³/mol. The molecule has 0 amide bonds. The number of ether oxygens (including phenoxy) is 3. The summed E-state index contributed by atoms with van der Waals surface area (Å²) in [6.07, 6.45) is 2.77.